The SMILES string of the molecule is CNC(=O)NC(=O)CCSc1nnc(-c2ccccc2C)n1C. The zero-order valence-corrected chi connectivity index (χ0v) is 14.1. The van der Waals surface area contributed by atoms with Crippen LogP contribution in [-0.2, 0) is 11.8 Å². The Labute approximate surface area is 138 Å². The average Bonchev–Trinajstić information content (AvgIpc) is 2.89. The summed E-state index contributed by atoms with van der Waals surface area (Å²) in [5, 5.41) is 13.7. The minimum atomic E-state index is -0.500. The Balaban J connectivity index is 1.97. The van der Waals surface area contributed by atoms with E-state index in [0.717, 1.165) is 22.1 Å². The predicted molar refractivity (Wildman–Crippen MR) is 89.1 cm³/mol. The lowest BCUT2D eigenvalue weighted by Crippen LogP contribution is -2.37. The summed E-state index contributed by atoms with van der Waals surface area (Å²) in [4.78, 5) is 22.6. The van der Waals surface area contributed by atoms with Crippen LogP contribution >= 0.6 is 11.8 Å². The third kappa shape index (κ3) is 4.32. The van der Waals surface area contributed by atoms with Gasteiger partial charge in [0.1, 0.15) is 0 Å². The van der Waals surface area contributed by atoms with Crippen molar-refractivity contribution in [2.24, 2.45) is 7.05 Å². The summed E-state index contributed by atoms with van der Waals surface area (Å²) in [6.45, 7) is 2.03. The lowest BCUT2D eigenvalue weighted by atomic mass is 10.1. The molecule has 1 aromatic heterocycles. The molecule has 8 heteroatoms. The fraction of sp³-hybridized carbons (Fsp3) is 0.333. The molecule has 2 rings (SSSR count). The molecule has 1 heterocycles. The molecule has 0 aliphatic heterocycles. The number of carbonyl (C=O) groups is 2. The molecule has 3 amide bonds. The van der Waals surface area contributed by atoms with Crippen LogP contribution in [0.25, 0.3) is 11.4 Å². The van der Waals surface area contributed by atoms with Crippen molar-refractivity contribution in [3.8, 4) is 11.4 Å². The van der Waals surface area contributed by atoms with E-state index in [9.17, 15) is 9.59 Å². The Kier molecular flexibility index (Phi) is 5.75. The Morgan fingerprint density at radius 2 is 2.00 bits per heavy atom. The number of thioether (sulfide) groups is 1. The van der Waals surface area contributed by atoms with Gasteiger partial charge in [-0.05, 0) is 12.5 Å². The quantitative estimate of drug-likeness (QED) is 0.814. The molecule has 0 saturated carbocycles. The van der Waals surface area contributed by atoms with E-state index < -0.39 is 6.03 Å². The second kappa shape index (κ2) is 7.77. The Hall–Kier alpha value is -2.35. The predicted octanol–water partition coefficient (Wildman–Crippen LogP) is 1.73. The first kappa shape index (κ1) is 17.0. The van der Waals surface area contributed by atoms with Crippen LogP contribution in [0.1, 0.15) is 12.0 Å². The van der Waals surface area contributed by atoms with Crippen molar-refractivity contribution in [3.05, 3.63) is 29.8 Å². The fourth-order valence-electron chi connectivity index (χ4n) is 1.99. The van der Waals surface area contributed by atoms with Crippen LogP contribution in [0, 0.1) is 6.92 Å². The molecule has 0 unspecified atom stereocenters. The molecule has 0 spiro atoms. The van der Waals surface area contributed by atoms with Gasteiger partial charge < -0.3 is 9.88 Å². The topological polar surface area (TPSA) is 88.9 Å². The van der Waals surface area contributed by atoms with Gasteiger partial charge in [-0.15, -0.1) is 10.2 Å². The van der Waals surface area contributed by atoms with Crippen molar-refractivity contribution in [2.45, 2.75) is 18.5 Å². The van der Waals surface area contributed by atoms with Crippen molar-refractivity contribution in [3.63, 3.8) is 0 Å². The van der Waals surface area contributed by atoms with Gasteiger partial charge in [-0.2, -0.15) is 0 Å². The van der Waals surface area contributed by atoms with E-state index in [4.69, 9.17) is 0 Å². The fourth-order valence-corrected chi connectivity index (χ4v) is 2.83. The largest absolute Gasteiger partial charge is 0.341 e. The first-order valence-corrected chi connectivity index (χ1v) is 8.11. The highest BCUT2D eigenvalue weighted by Crippen LogP contribution is 2.25. The number of benzene rings is 1. The third-order valence-corrected chi connectivity index (χ3v) is 4.28. The van der Waals surface area contributed by atoms with Crippen LogP contribution in [0.2, 0.25) is 0 Å². The maximum atomic E-state index is 11.5. The summed E-state index contributed by atoms with van der Waals surface area (Å²) in [6.07, 6.45) is 0.227. The molecular weight excluding hydrogens is 314 g/mol. The number of urea groups is 1. The molecule has 0 bridgehead atoms. The van der Waals surface area contributed by atoms with Gasteiger partial charge in [0, 0.05) is 31.8 Å². The molecule has 0 fully saturated rings. The summed E-state index contributed by atoms with van der Waals surface area (Å²) < 4.78 is 1.91. The summed E-state index contributed by atoms with van der Waals surface area (Å²) in [5.74, 6) is 0.987. The van der Waals surface area contributed by atoms with Gasteiger partial charge in [-0.25, -0.2) is 4.79 Å². The van der Waals surface area contributed by atoms with Gasteiger partial charge >= 0.3 is 6.03 Å². The summed E-state index contributed by atoms with van der Waals surface area (Å²) in [5.41, 5.74) is 2.16. The molecule has 0 saturated heterocycles. The van der Waals surface area contributed by atoms with E-state index in [-0.39, 0.29) is 12.3 Å². The molecule has 1 aromatic carbocycles. The number of hydrogen-bond acceptors (Lipinski definition) is 5. The van der Waals surface area contributed by atoms with Crippen molar-refractivity contribution in [1.29, 1.82) is 0 Å². The highest BCUT2D eigenvalue weighted by Gasteiger charge is 2.13. The monoisotopic (exact) mass is 333 g/mol. The number of amides is 3. The summed E-state index contributed by atoms with van der Waals surface area (Å²) in [6, 6.07) is 7.48. The summed E-state index contributed by atoms with van der Waals surface area (Å²) >= 11 is 1.43. The van der Waals surface area contributed by atoms with Gasteiger partial charge in [0.25, 0.3) is 0 Å². The lowest BCUT2D eigenvalue weighted by molar-refractivity contribution is -0.119. The number of nitrogens with zero attached hydrogens (tertiary/aromatic N) is 3. The van der Waals surface area contributed by atoms with Crippen LogP contribution in [0.4, 0.5) is 4.79 Å². The number of imide groups is 1. The van der Waals surface area contributed by atoms with E-state index in [1.54, 1.807) is 0 Å². The van der Waals surface area contributed by atoms with E-state index in [2.05, 4.69) is 20.8 Å². The number of nitrogens with one attached hydrogen (secondary N) is 2. The molecule has 0 radical (unpaired) electrons. The molecule has 23 heavy (non-hydrogen) atoms. The number of aromatic nitrogens is 3. The van der Waals surface area contributed by atoms with Gasteiger partial charge in [-0.3, -0.25) is 10.1 Å². The molecule has 7 nitrogen and oxygen atoms in total. The van der Waals surface area contributed by atoms with E-state index in [0.29, 0.717) is 5.75 Å². The number of aryl methyl sites for hydroxylation is 1. The van der Waals surface area contributed by atoms with Crippen molar-refractivity contribution >= 4 is 23.7 Å². The van der Waals surface area contributed by atoms with Crippen LogP contribution in [0.15, 0.2) is 29.4 Å². The normalized spacial score (nSPS) is 10.4. The minimum absolute atomic E-state index is 0.227. The van der Waals surface area contributed by atoms with Crippen LogP contribution in [0.5, 0.6) is 0 Å². The molecule has 0 aliphatic carbocycles. The van der Waals surface area contributed by atoms with E-state index >= 15 is 0 Å². The first-order chi connectivity index (χ1) is 11.0. The van der Waals surface area contributed by atoms with E-state index in [1.165, 1.54) is 18.8 Å². The molecule has 0 atom stereocenters. The number of carbonyl (C=O) groups excluding carboxylic acids is 2. The smallest absolute Gasteiger partial charge is 0.321 e. The second-order valence-electron chi connectivity index (χ2n) is 4.91. The van der Waals surface area contributed by atoms with Gasteiger partial charge in [0.2, 0.25) is 5.91 Å². The van der Waals surface area contributed by atoms with Crippen molar-refractivity contribution in [1.82, 2.24) is 25.4 Å². The maximum Gasteiger partial charge on any atom is 0.321 e. The Morgan fingerprint density at radius 1 is 1.26 bits per heavy atom. The van der Waals surface area contributed by atoms with Crippen molar-refractivity contribution < 1.29 is 9.59 Å². The van der Waals surface area contributed by atoms with Gasteiger partial charge in [0.15, 0.2) is 11.0 Å². The standard InChI is InChI=1S/C15H19N5O2S/c1-10-6-4-5-7-11(10)13-18-19-15(20(13)3)23-9-8-12(21)17-14(22)16-2/h4-7H,8-9H2,1-3H3,(H2,16,17,21,22). The van der Waals surface area contributed by atoms with Crippen molar-refractivity contribution in [2.75, 3.05) is 12.8 Å². The highest BCUT2D eigenvalue weighted by atomic mass is 32.2. The lowest BCUT2D eigenvalue weighted by Gasteiger charge is -2.06. The van der Waals surface area contributed by atoms with Crippen LogP contribution in [0.3, 0.4) is 0 Å². The van der Waals surface area contributed by atoms with Crippen LogP contribution in [-0.4, -0.2) is 39.5 Å². The molecule has 0 aliphatic rings. The number of rotatable bonds is 5. The molecule has 2 N–H and O–H groups in total. The molecular formula is C15H19N5O2S. The zero-order valence-electron chi connectivity index (χ0n) is 13.3. The minimum Gasteiger partial charge on any atom is -0.341 e. The van der Waals surface area contributed by atoms with Crippen LogP contribution < -0.4 is 10.6 Å². The zero-order chi connectivity index (χ0) is 16.8. The maximum absolute atomic E-state index is 11.5. The highest BCUT2D eigenvalue weighted by molar-refractivity contribution is 7.99. The van der Waals surface area contributed by atoms with Gasteiger partial charge in [0.05, 0.1) is 0 Å². The Bertz CT molecular complexity index is 714. The molecule has 2 aromatic rings. The Morgan fingerprint density at radius 3 is 2.70 bits per heavy atom. The first-order valence-electron chi connectivity index (χ1n) is 7.12. The number of hydrogen-bond donors (Lipinski definition) is 2. The molecule has 122 valence electrons. The third-order valence-electron chi connectivity index (χ3n) is 3.26. The summed E-state index contributed by atoms with van der Waals surface area (Å²) in [7, 11) is 3.36. The van der Waals surface area contributed by atoms with E-state index in [1.807, 2.05) is 42.8 Å². The second-order valence-corrected chi connectivity index (χ2v) is 5.97. The average molecular weight is 333 g/mol. The van der Waals surface area contributed by atoms with Gasteiger partial charge in [-0.1, -0.05) is 36.0 Å².